The van der Waals surface area contributed by atoms with Crippen molar-refractivity contribution in [2.45, 2.75) is 12.5 Å². The van der Waals surface area contributed by atoms with Crippen molar-refractivity contribution in [3.63, 3.8) is 0 Å². The molecule has 1 aliphatic rings. The Hall–Kier alpha value is -3.11. The summed E-state index contributed by atoms with van der Waals surface area (Å²) in [5.74, 6) is -1.07. The second kappa shape index (κ2) is 7.02. The number of nitrogens with two attached hydrogens (primary N) is 1. The maximum Gasteiger partial charge on any atom is 0.228 e. The second-order valence-electron chi connectivity index (χ2n) is 5.25. The van der Waals surface area contributed by atoms with Gasteiger partial charge in [0.2, 0.25) is 17.1 Å². The van der Waals surface area contributed by atoms with Crippen LogP contribution >= 0.6 is 23.2 Å². The summed E-state index contributed by atoms with van der Waals surface area (Å²) in [4.78, 5) is 15.0. The molecular formula is C16H9Cl2N5O3. The van der Waals surface area contributed by atoms with E-state index < -0.39 is 11.3 Å². The third kappa shape index (κ3) is 3.07. The van der Waals surface area contributed by atoms with Gasteiger partial charge in [0.25, 0.3) is 0 Å². The molecule has 8 nitrogen and oxygen atoms in total. The van der Waals surface area contributed by atoms with Crippen LogP contribution in [0.2, 0.25) is 10.0 Å². The number of benzene rings is 1. The molecule has 1 atom stereocenters. The monoisotopic (exact) mass is 389 g/mol. The molecule has 3 rings (SSSR count). The first-order valence-corrected chi connectivity index (χ1v) is 7.92. The number of fused-ring (bicyclic) bond motifs is 1. The summed E-state index contributed by atoms with van der Waals surface area (Å²) in [6, 6.07) is 7.79. The molecule has 1 unspecified atom stereocenters. The van der Waals surface area contributed by atoms with Gasteiger partial charge in [-0.2, -0.15) is 5.26 Å². The first-order valence-electron chi connectivity index (χ1n) is 7.16. The molecule has 0 aliphatic carbocycles. The van der Waals surface area contributed by atoms with Crippen molar-refractivity contribution in [1.29, 1.82) is 5.26 Å². The van der Waals surface area contributed by atoms with Crippen LogP contribution < -0.4 is 15.9 Å². The fourth-order valence-corrected chi connectivity index (χ4v) is 3.13. The first-order chi connectivity index (χ1) is 12.5. The van der Waals surface area contributed by atoms with Gasteiger partial charge in [-0.05, 0) is 23.2 Å². The summed E-state index contributed by atoms with van der Waals surface area (Å²) in [6.07, 6.45) is 0. The average Bonchev–Trinajstić information content (AvgIpc) is 2.60. The van der Waals surface area contributed by atoms with E-state index in [1.165, 1.54) is 6.07 Å². The summed E-state index contributed by atoms with van der Waals surface area (Å²) in [5.41, 5.74) is 14.2. The molecule has 1 aliphatic heterocycles. The largest absolute Gasteiger partial charge is 0.461 e. The molecule has 0 bridgehead atoms. The Kier molecular flexibility index (Phi) is 4.78. The molecule has 0 spiro atoms. The van der Waals surface area contributed by atoms with Gasteiger partial charge in [-0.25, -0.2) is 0 Å². The Bertz CT molecular complexity index is 1080. The molecule has 1 aromatic carbocycles. The maximum absolute atomic E-state index is 12.4. The zero-order chi connectivity index (χ0) is 18.8. The Morgan fingerprint density at radius 3 is 2.81 bits per heavy atom. The van der Waals surface area contributed by atoms with Gasteiger partial charge in [0.1, 0.15) is 17.4 Å². The smallest absolute Gasteiger partial charge is 0.228 e. The SMILES string of the molecule is N#CC1=C(N)Oc2c(oc(CN=[N+]=[N-])cc2=O)C1c1ccc(Cl)cc1Cl. The van der Waals surface area contributed by atoms with Gasteiger partial charge >= 0.3 is 0 Å². The van der Waals surface area contributed by atoms with Crippen LogP contribution in [0, 0.1) is 11.3 Å². The van der Waals surface area contributed by atoms with Crippen LogP contribution in [0.5, 0.6) is 5.75 Å². The molecule has 10 heteroatoms. The molecule has 2 N–H and O–H groups in total. The van der Waals surface area contributed by atoms with E-state index in [2.05, 4.69) is 10.0 Å². The highest BCUT2D eigenvalue weighted by Gasteiger charge is 2.36. The van der Waals surface area contributed by atoms with E-state index in [0.29, 0.717) is 10.6 Å². The van der Waals surface area contributed by atoms with E-state index in [9.17, 15) is 10.1 Å². The van der Waals surface area contributed by atoms with E-state index in [0.717, 1.165) is 6.07 Å². The predicted molar refractivity (Wildman–Crippen MR) is 93.6 cm³/mol. The lowest BCUT2D eigenvalue weighted by molar-refractivity contribution is 0.334. The maximum atomic E-state index is 12.4. The number of halogens is 2. The Morgan fingerprint density at radius 2 is 2.15 bits per heavy atom. The first kappa shape index (κ1) is 17.7. The van der Waals surface area contributed by atoms with Gasteiger partial charge in [-0.3, -0.25) is 4.79 Å². The molecule has 0 radical (unpaired) electrons. The number of hydrogen-bond donors (Lipinski definition) is 1. The molecule has 0 saturated heterocycles. The molecule has 1 aromatic heterocycles. The van der Waals surface area contributed by atoms with Gasteiger partial charge in [0.05, 0.1) is 12.5 Å². The fraction of sp³-hybridized carbons (Fsp3) is 0.125. The van der Waals surface area contributed by atoms with Crippen LogP contribution in [-0.2, 0) is 6.54 Å². The minimum atomic E-state index is -0.868. The van der Waals surface area contributed by atoms with Crippen LogP contribution in [0.25, 0.3) is 10.4 Å². The van der Waals surface area contributed by atoms with Crippen LogP contribution in [0.4, 0.5) is 0 Å². The summed E-state index contributed by atoms with van der Waals surface area (Å²) in [7, 11) is 0. The highest BCUT2D eigenvalue weighted by atomic mass is 35.5. The van der Waals surface area contributed by atoms with Crippen LogP contribution in [0.3, 0.4) is 0 Å². The van der Waals surface area contributed by atoms with E-state index in [1.807, 2.05) is 6.07 Å². The lowest BCUT2D eigenvalue weighted by atomic mass is 9.87. The second-order valence-corrected chi connectivity index (χ2v) is 6.09. The molecule has 0 amide bonds. The number of ether oxygens (including phenoxy) is 1. The number of hydrogen-bond acceptors (Lipinski definition) is 6. The summed E-state index contributed by atoms with van der Waals surface area (Å²) in [6.45, 7) is -0.179. The van der Waals surface area contributed by atoms with Gasteiger partial charge in [0, 0.05) is 21.0 Å². The van der Waals surface area contributed by atoms with E-state index >= 15 is 0 Å². The average molecular weight is 390 g/mol. The molecule has 130 valence electrons. The van der Waals surface area contributed by atoms with Crippen molar-refractivity contribution >= 4 is 23.2 Å². The highest BCUT2D eigenvalue weighted by Crippen LogP contribution is 2.43. The minimum Gasteiger partial charge on any atom is -0.461 e. The quantitative estimate of drug-likeness (QED) is 0.480. The van der Waals surface area contributed by atoms with Crippen LogP contribution in [0.15, 0.2) is 50.0 Å². The molecule has 0 saturated carbocycles. The third-order valence-corrected chi connectivity index (χ3v) is 4.26. The van der Waals surface area contributed by atoms with Crippen LogP contribution in [-0.4, -0.2) is 0 Å². The van der Waals surface area contributed by atoms with Crippen molar-refractivity contribution in [3.05, 3.63) is 83.5 Å². The predicted octanol–water partition coefficient (Wildman–Crippen LogP) is 3.98. The zero-order valence-electron chi connectivity index (χ0n) is 12.9. The Balaban J connectivity index is 2.29. The van der Waals surface area contributed by atoms with Crippen LogP contribution in [0.1, 0.15) is 23.0 Å². The summed E-state index contributed by atoms with van der Waals surface area (Å²) in [5, 5.41) is 13.6. The highest BCUT2D eigenvalue weighted by molar-refractivity contribution is 6.35. The topological polar surface area (TPSA) is 138 Å². The summed E-state index contributed by atoms with van der Waals surface area (Å²) >= 11 is 12.2. The summed E-state index contributed by atoms with van der Waals surface area (Å²) < 4.78 is 11.0. The molecule has 26 heavy (non-hydrogen) atoms. The minimum absolute atomic E-state index is 0.0332. The normalized spacial score (nSPS) is 15.5. The third-order valence-electron chi connectivity index (χ3n) is 3.69. The molecule has 2 heterocycles. The zero-order valence-corrected chi connectivity index (χ0v) is 14.5. The van der Waals surface area contributed by atoms with Gasteiger partial charge in [-0.1, -0.05) is 34.4 Å². The molecular weight excluding hydrogens is 381 g/mol. The molecule has 0 fully saturated rings. The van der Waals surface area contributed by atoms with Gasteiger partial charge in [-0.15, -0.1) is 0 Å². The van der Waals surface area contributed by atoms with Crippen molar-refractivity contribution < 1.29 is 9.15 Å². The number of azide groups is 1. The lowest BCUT2D eigenvalue weighted by Crippen LogP contribution is -2.25. The van der Waals surface area contributed by atoms with Crippen molar-refractivity contribution in [2.24, 2.45) is 10.8 Å². The van der Waals surface area contributed by atoms with E-state index in [4.69, 9.17) is 43.6 Å². The lowest BCUT2D eigenvalue weighted by Gasteiger charge is -2.25. The number of nitrogens with zero attached hydrogens (tertiary/aromatic N) is 4. The number of nitriles is 1. The Morgan fingerprint density at radius 1 is 1.38 bits per heavy atom. The van der Waals surface area contributed by atoms with Gasteiger partial charge in [0.15, 0.2) is 5.76 Å². The Labute approximate surface area is 156 Å². The molecule has 2 aromatic rings. The van der Waals surface area contributed by atoms with Gasteiger partial charge < -0.3 is 14.9 Å². The van der Waals surface area contributed by atoms with E-state index in [-0.39, 0.29) is 40.3 Å². The standard InChI is InChI=1S/C16H9Cl2N5O3/c17-7-1-2-9(11(18)3-7)13-10(5-19)16(20)26-14-12(24)4-8(6-22-23-21)25-15(13)14/h1-4,13H,6,20H2. The van der Waals surface area contributed by atoms with E-state index in [1.54, 1.807) is 12.1 Å². The number of rotatable bonds is 3. The van der Waals surface area contributed by atoms with Crippen molar-refractivity contribution in [3.8, 4) is 11.8 Å². The van der Waals surface area contributed by atoms with Crippen molar-refractivity contribution in [2.75, 3.05) is 0 Å². The number of allylic oxidation sites excluding steroid dienone is 1. The fourth-order valence-electron chi connectivity index (χ4n) is 2.61. The van der Waals surface area contributed by atoms with Crippen molar-refractivity contribution in [1.82, 2.24) is 0 Å².